The minimum atomic E-state index is 0. The number of nitrogens with zero attached hydrogens (tertiary/aromatic N) is 2. The number of pyridine rings is 1. The number of anilines is 1. The number of hydrogen-bond donors (Lipinski definition) is 1. The Morgan fingerprint density at radius 3 is 2.19 bits per heavy atom. The highest BCUT2D eigenvalue weighted by molar-refractivity contribution is 5.85. The zero-order valence-corrected chi connectivity index (χ0v) is 10.6. The summed E-state index contributed by atoms with van der Waals surface area (Å²) in [5.74, 6) is 1.73. The van der Waals surface area contributed by atoms with Crippen molar-refractivity contribution >= 4 is 30.5 Å². The predicted molar refractivity (Wildman–Crippen MR) is 70.8 cm³/mol. The first-order valence-corrected chi connectivity index (χ1v) is 5.29. The molecule has 16 heavy (non-hydrogen) atoms. The molecule has 0 saturated carbocycles. The Morgan fingerprint density at radius 1 is 1.06 bits per heavy atom. The lowest BCUT2D eigenvalue weighted by Crippen LogP contribution is -2.25. The van der Waals surface area contributed by atoms with Crippen LogP contribution in [0.15, 0.2) is 24.5 Å². The number of halogens is 2. The topological polar surface area (TPSA) is 28.2 Å². The van der Waals surface area contributed by atoms with Crippen LogP contribution in [0.25, 0.3) is 0 Å². The van der Waals surface area contributed by atoms with Gasteiger partial charge in [0, 0.05) is 44.3 Å². The molecule has 5 heteroatoms. The molecule has 3 nitrogen and oxygen atoms in total. The van der Waals surface area contributed by atoms with Crippen LogP contribution in [0.4, 0.5) is 5.69 Å². The third kappa shape index (κ3) is 2.42. The maximum absolute atomic E-state index is 4.05. The monoisotopic (exact) mass is 261 g/mol. The Hall–Kier alpha value is -0.510. The fourth-order valence-electron chi connectivity index (χ4n) is 2.62. The molecule has 2 atom stereocenters. The molecule has 0 radical (unpaired) electrons. The smallest absolute Gasteiger partial charge is 0.0397 e. The minimum absolute atomic E-state index is 0. The van der Waals surface area contributed by atoms with Gasteiger partial charge in [-0.25, -0.2) is 0 Å². The fraction of sp³-hybridized carbons (Fsp3) is 0.545. The number of rotatable bonds is 1. The highest BCUT2D eigenvalue weighted by atomic mass is 35.5. The first kappa shape index (κ1) is 13.6. The summed E-state index contributed by atoms with van der Waals surface area (Å²) >= 11 is 0. The zero-order valence-electron chi connectivity index (χ0n) is 9.00. The van der Waals surface area contributed by atoms with E-state index >= 15 is 0 Å². The molecule has 1 aromatic heterocycles. The average Bonchev–Trinajstić information content (AvgIpc) is 2.78. The summed E-state index contributed by atoms with van der Waals surface area (Å²) in [5, 5.41) is 3.46. The lowest BCUT2D eigenvalue weighted by Gasteiger charge is -2.19. The van der Waals surface area contributed by atoms with Crippen molar-refractivity contribution in [3.8, 4) is 0 Å². The van der Waals surface area contributed by atoms with Crippen molar-refractivity contribution in [1.82, 2.24) is 10.3 Å². The van der Waals surface area contributed by atoms with E-state index in [-0.39, 0.29) is 24.8 Å². The standard InChI is InChI=1S/C11H15N3.2ClH/c1-3-12-4-2-11(1)14-7-9-5-13-6-10(9)8-14;;/h1-4,9-10,13H,5-8H2;2*1H. The van der Waals surface area contributed by atoms with Gasteiger partial charge in [0.25, 0.3) is 0 Å². The van der Waals surface area contributed by atoms with Gasteiger partial charge in [-0.05, 0) is 24.0 Å². The molecule has 90 valence electrons. The Labute approximate surface area is 108 Å². The van der Waals surface area contributed by atoms with E-state index in [4.69, 9.17) is 0 Å². The van der Waals surface area contributed by atoms with E-state index in [0.29, 0.717) is 0 Å². The fourth-order valence-corrected chi connectivity index (χ4v) is 2.62. The maximum atomic E-state index is 4.05. The second kappa shape index (κ2) is 5.71. The summed E-state index contributed by atoms with van der Waals surface area (Å²) in [6, 6.07) is 4.21. The van der Waals surface area contributed by atoms with E-state index in [1.165, 1.54) is 31.9 Å². The summed E-state index contributed by atoms with van der Waals surface area (Å²) in [7, 11) is 0. The predicted octanol–water partition coefficient (Wildman–Crippen LogP) is 1.58. The number of hydrogen-bond acceptors (Lipinski definition) is 3. The van der Waals surface area contributed by atoms with Crippen LogP contribution in [0.2, 0.25) is 0 Å². The van der Waals surface area contributed by atoms with Gasteiger partial charge in [0.05, 0.1) is 0 Å². The van der Waals surface area contributed by atoms with Crippen LogP contribution in [0.5, 0.6) is 0 Å². The molecule has 0 amide bonds. The van der Waals surface area contributed by atoms with Crippen molar-refractivity contribution in [2.45, 2.75) is 0 Å². The molecule has 0 aromatic carbocycles. The average molecular weight is 262 g/mol. The van der Waals surface area contributed by atoms with Crippen LogP contribution in [-0.4, -0.2) is 31.2 Å². The van der Waals surface area contributed by atoms with Crippen LogP contribution in [0.1, 0.15) is 0 Å². The molecule has 2 aliphatic heterocycles. The molecular formula is C11H17Cl2N3. The molecule has 2 saturated heterocycles. The number of fused-ring (bicyclic) bond motifs is 1. The Kier molecular flexibility index (Phi) is 4.84. The van der Waals surface area contributed by atoms with E-state index in [1.807, 2.05) is 12.4 Å². The second-order valence-electron chi connectivity index (χ2n) is 4.29. The summed E-state index contributed by atoms with van der Waals surface area (Å²) in [6.45, 7) is 4.82. The van der Waals surface area contributed by atoms with Crippen molar-refractivity contribution < 1.29 is 0 Å². The van der Waals surface area contributed by atoms with Gasteiger partial charge in [0.2, 0.25) is 0 Å². The van der Waals surface area contributed by atoms with Crippen LogP contribution >= 0.6 is 24.8 Å². The summed E-state index contributed by atoms with van der Waals surface area (Å²) in [6.07, 6.45) is 3.75. The van der Waals surface area contributed by atoms with Crippen molar-refractivity contribution in [3.63, 3.8) is 0 Å². The van der Waals surface area contributed by atoms with E-state index in [9.17, 15) is 0 Å². The molecule has 3 heterocycles. The number of aromatic nitrogens is 1. The van der Waals surface area contributed by atoms with Gasteiger partial charge in [-0.2, -0.15) is 0 Å². The van der Waals surface area contributed by atoms with Gasteiger partial charge in [0.15, 0.2) is 0 Å². The van der Waals surface area contributed by atoms with Gasteiger partial charge in [-0.15, -0.1) is 24.8 Å². The second-order valence-corrected chi connectivity index (χ2v) is 4.29. The number of nitrogens with one attached hydrogen (secondary N) is 1. The molecule has 2 fully saturated rings. The van der Waals surface area contributed by atoms with Gasteiger partial charge in [-0.1, -0.05) is 0 Å². The summed E-state index contributed by atoms with van der Waals surface area (Å²) in [4.78, 5) is 6.53. The Bertz CT molecular complexity index is 308. The molecule has 0 bridgehead atoms. The highest BCUT2D eigenvalue weighted by Crippen LogP contribution is 2.29. The molecule has 0 aliphatic carbocycles. The Morgan fingerprint density at radius 2 is 1.62 bits per heavy atom. The molecular weight excluding hydrogens is 245 g/mol. The van der Waals surface area contributed by atoms with Gasteiger partial charge in [0.1, 0.15) is 0 Å². The molecule has 1 N–H and O–H groups in total. The van der Waals surface area contributed by atoms with Crippen LogP contribution < -0.4 is 10.2 Å². The van der Waals surface area contributed by atoms with E-state index in [0.717, 1.165) is 11.8 Å². The van der Waals surface area contributed by atoms with Gasteiger partial charge < -0.3 is 10.2 Å². The first-order valence-electron chi connectivity index (χ1n) is 5.29. The lowest BCUT2D eigenvalue weighted by atomic mass is 10.0. The van der Waals surface area contributed by atoms with Crippen LogP contribution in [0, 0.1) is 11.8 Å². The van der Waals surface area contributed by atoms with Gasteiger partial charge in [-0.3, -0.25) is 4.98 Å². The first-order chi connectivity index (χ1) is 6.93. The normalized spacial score (nSPS) is 26.9. The molecule has 0 spiro atoms. The summed E-state index contributed by atoms with van der Waals surface area (Å²) in [5.41, 5.74) is 1.33. The van der Waals surface area contributed by atoms with Crippen molar-refractivity contribution in [3.05, 3.63) is 24.5 Å². The molecule has 1 aromatic rings. The van der Waals surface area contributed by atoms with Gasteiger partial charge >= 0.3 is 0 Å². The largest absolute Gasteiger partial charge is 0.371 e. The Balaban J connectivity index is 0.000000640. The third-order valence-corrected chi connectivity index (χ3v) is 3.42. The summed E-state index contributed by atoms with van der Waals surface area (Å²) < 4.78 is 0. The third-order valence-electron chi connectivity index (χ3n) is 3.42. The van der Waals surface area contributed by atoms with E-state index in [1.54, 1.807) is 0 Å². The zero-order chi connectivity index (χ0) is 9.38. The minimum Gasteiger partial charge on any atom is -0.371 e. The maximum Gasteiger partial charge on any atom is 0.0397 e. The highest BCUT2D eigenvalue weighted by Gasteiger charge is 2.35. The van der Waals surface area contributed by atoms with E-state index in [2.05, 4.69) is 27.3 Å². The van der Waals surface area contributed by atoms with Crippen LogP contribution in [0.3, 0.4) is 0 Å². The lowest BCUT2D eigenvalue weighted by molar-refractivity contribution is 0.533. The van der Waals surface area contributed by atoms with Crippen molar-refractivity contribution in [2.24, 2.45) is 11.8 Å². The molecule has 2 unspecified atom stereocenters. The van der Waals surface area contributed by atoms with E-state index < -0.39 is 0 Å². The quantitative estimate of drug-likeness (QED) is 0.833. The van der Waals surface area contributed by atoms with Crippen LogP contribution in [-0.2, 0) is 0 Å². The SMILES string of the molecule is Cl.Cl.c1cc(N2CC3CNCC3C2)ccn1. The molecule has 2 aliphatic rings. The van der Waals surface area contributed by atoms with Crippen molar-refractivity contribution in [1.29, 1.82) is 0 Å². The molecule has 3 rings (SSSR count). The van der Waals surface area contributed by atoms with Crippen molar-refractivity contribution in [2.75, 3.05) is 31.1 Å².